The highest BCUT2D eigenvalue weighted by molar-refractivity contribution is 6.35. The van der Waals surface area contributed by atoms with Crippen molar-refractivity contribution in [2.45, 2.75) is 0 Å². The Morgan fingerprint density at radius 2 is 1.77 bits per heavy atom. The van der Waals surface area contributed by atoms with Gasteiger partial charge in [0, 0.05) is 10.7 Å². The quantitative estimate of drug-likeness (QED) is 0.656. The molecule has 3 aromatic rings. The van der Waals surface area contributed by atoms with Crippen molar-refractivity contribution >= 4 is 46.3 Å². The van der Waals surface area contributed by atoms with Crippen molar-refractivity contribution in [1.29, 1.82) is 0 Å². The Bertz CT molecular complexity index is 915. The molecule has 1 aromatic heterocycles. The maximum Gasteiger partial charge on any atom is 0.276 e. The third-order valence-electron chi connectivity index (χ3n) is 3.44. The molecule has 0 aliphatic rings. The largest absolute Gasteiger partial charge is 0.497 e. The second-order valence-electron chi connectivity index (χ2n) is 5.24. The normalized spacial score (nSPS) is 10.3. The van der Waals surface area contributed by atoms with Crippen LogP contribution in [0.1, 0.15) is 10.5 Å². The first-order chi connectivity index (χ1) is 12.5. The zero-order chi connectivity index (χ0) is 18.5. The number of aromatic nitrogens is 2. The van der Waals surface area contributed by atoms with E-state index in [0.29, 0.717) is 21.6 Å². The molecule has 0 fully saturated rings. The van der Waals surface area contributed by atoms with Crippen LogP contribution in [-0.2, 0) is 0 Å². The average Bonchev–Trinajstić information content (AvgIpc) is 2.66. The smallest absolute Gasteiger partial charge is 0.276 e. The van der Waals surface area contributed by atoms with E-state index >= 15 is 0 Å². The number of carbonyl (C=O) groups excluding carboxylic acids is 1. The second-order valence-corrected chi connectivity index (χ2v) is 6.08. The van der Waals surface area contributed by atoms with Gasteiger partial charge in [-0.1, -0.05) is 23.2 Å². The van der Waals surface area contributed by atoms with Gasteiger partial charge in [-0.25, -0.2) is 0 Å². The van der Waals surface area contributed by atoms with E-state index in [1.807, 2.05) is 24.3 Å². The number of hydrogen-bond acceptors (Lipinski definition) is 5. The topological polar surface area (TPSA) is 76.1 Å². The molecule has 0 aliphatic carbocycles. The standard InChI is InChI=1S/C18H14Cl2N4O2/c1-26-13-5-3-12(4-6-13)21-17-9-8-15(23-24-17)18(25)22-16-10-11(19)2-7-14(16)20/h2-10H,1H3,(H,21,24)(H,22,25). The number of nitrogens with one attached hydrogen (secondary N) is 2. The molecule has 0 radical (unpaired) electrons. The minimum Gasteiger partial charge on any atom is -0.497 e. The number of nitrogens with zero attached hydrogens (tertiary/aromatic N) is 2. The highest BCUT2D eigenvalue weighted by atomic mass is 35.5. The number of carbonyl (C=O) groups is 1. The van der Waals surface area contributed by atoms with Gasteiger partial charge in [0.15, 0.2) is 11.5 Å². The maximum atomic E-state index is 12.3. The van der Waals surface area contributed by atoms with Gasteiger partial charge >= 0.3 is 0 Å². The first-order valence-electron chi connectivity index (χ1n) is 7.56. The van der Waals surface area contributed by atoms with Gasteiger partial charge in [0.2, 0.25) is 0 Å². The van der Waals surface area contributed by atoms with E-state index in [-0.39, 0.29) is 5.69 Å². The Balaban J connectivity index is 1.68. The highest BCUT2D eigenvalue weighted by Gasteiger charge is 2.11. The molecule has 0 saturated carbocycles. The Morgan fingerprint density at radius 3 is 2.42 bits per heavy atom. The molecule has 2 aromatic carbocycles. The molecular formula is C18H14Cl2N4O2. The molecule has 0 spiro atoms. The number of ether oxygens (including phenoxy) is 1. The predicted molar refractivity (Wildman–Crippen MR) is 103 cm³/mol. The summed E-state index contributed by atoms with van der Waals surface area (Å²) in [5, 5.41) is 14.5. The number of methoxy groups -OCH3 is 1. The first kappa shape index (κ1) is 18.0. The lowest BCUT2D eigenvalue weighted by Crippen LogP contribution is -2.14. The van der Waals surface area contributed by atoms with Crippen molar-refractivity contribution in [2.24, 2.45) is 0 Å². The molecule has 132 valence electrons. The summed E-state index contributed by atoms with van der Waals surface area (Å²) in [6.07, 6.45) is 0. The van der Waals surface area contributed by atoms with Crippen LogP contribution in [0.15, 0.2) is 54.6 Å². The zero-order valence-electron chi connectivity index (χ0n) is 13.7. The van der Waals surface area contributed by atoms with Crippen LogP contribution in [0.4, 0.5) is 17.2 Å². The van der Waals surface area contributed by atoms with E-state index < -0.39 is 5.91 Å². The van der Waals surface area contributed by atoms with Crippen LogP contribution in [0.2, 0.25) is 10.0 Å². The van der Waals surface area contributed by atoms with Crippen molar-refractivity contribution in [3.63, 3.8) is 0 Å². The van der Waals surface area contributed by atoms with E-state index in [9.17, 15) is 4.79 Å². The number of benzene rings is 2. The number of amides is 1. The van der Waals surface area contributed by atoms with E-state index in [0.717, 1.165) is 11.4 Å². The Kier molecular flexibility index (Phi) is 5.55. The summed E-state index contributed by atoms with van der Waals surface area (Å²) in [6.45, 7) is 0. The molecule has 1 heterocycles. The van der Waals surface area contributed by atoms with Crippen LogP contribution in [-0.4, -0.2) is 23.2 Å². The summed E-state index contributed by atoms with van der Waals surface area (Å²) >= 11 is 11.9. The lowest BCUT2D eigenvalue weighted by atomic mass is 10.3. The van der Waals surface area contributed by atoms with Crippen LogP contribution in [0.5, 0.6) is 5.75 Å². The van der Waals surface area contributed by atoms with E-state index in [1.54, 1.807) is 37.4 Å². The number of rotatable bonds is 5. The molecule has 0 saturated heterocycles. The molecule has 2 N–H and O–H groups in total. The summed E-state index contributed by atoms with van der Waals surface area (Å²) in [5.74, 6) is 0.832. The molecule has 0 aliphatic heterocycles. The lowest BCUT2D eigenvalue weighted by Gasteiger charge is -2.08. The molecule has 8 heteroatoms. The minimum absolute atomic E-state index is 0.154. The Hall–Kier alpha value is -2.83. The SMILES string of the molecule is COc1ccc(Nc2ccc(C(=O)Nc3cc(Cl)ccc3Cl)nn2)cc1. The van der Waals surface area contributed by atoms with Crippen molar-refractivity contribution in [2.75, 3.05) is 17.7 Å². The van der Waals surface area contributed by atoms with Gasteiger partial charge in [0.25, 0.3) is 5.91 Å². The van der Waals surface area contributed by atoms with E-state index in [4.69, 9.17) is 27.9 Å². The van der Waals surface area contributed by atoms with Crippen molar-refractivity contribution in [1.82, 2.24) is 10.2 Å². The predicted octanol–water partition coefficient (Wildman–Crippen LogP) is 4.79. The maximum absolute atomic E-state index is 12.3. The lowest BCUT2D eigenvalue weighted by molar-refractivity contribution is 0.102. The molecule has 3 rings (SSSR count). The molecule has 0 unspecified atom stereocenters. The minimum atomic E-state index is -0.433. The van der Waals surface area contributed by atoms with Crippen LogP contribution in [0.3, 0.4) is 0 Å². The molecule has 1 amide bonds. The summed E-state index contributed by atoms with van der Waals surface area (Å²) < 4.78 is 5.11. The summed E-state index contributed by atoms with van der Waals surface area (Å²) in [5.41, 5.74) is 1.38. The molecule has 0 bridgehead atoms. The van der Waals surface area contributed by atoms with Gasteiger partial charge in [-0.15, -0.1) is 10.2 Å². The zero-order valence-corrected chi connectivity index (χ0v) is 15.2. The third kappa shape index (κ3) is 4.41. The monoisotopic (exact) mass is 388 g/mol. The van der Waals surface area contributed by atoms with Gasteiger partial charge in [-0.2, -0.15) is 0 Å². The van der Waals surface area contributed by atoms with Crippen LogP contribution < -0.4 is 15.4 Å². The number of halogens is 2. The fraction of sp³-hybridized carbons (Fsp3) is 0.0556. The van der Waals surface area contributed by atoms with Crippen LogP contribution in [0, 0.1) is 0 Å². The Labute approximate surface area is 160 Å². The fourth-order valence-electron chi connectivity index (χ4n) is 2.12. The van der Waals surface area contributed by atoms with Gasteiger partial charge < -0.3 is 15.4 Å². The molecule has 26 heavy (non-hydrogen) atoms. The van der Waals surface area contributed by atoms with Gasteiger partial charge in [-0.05, 0) is 54.6 Å². The van der Waals surface area contributed by atoms with Gasteiger partial charge in [-0.3, -0.25) is 4.79 Å². The first-order valence-corrected chi connectivity index (χ1v) is 8.32. The van der Waals surface area contributed by atoms with E-state index in [1.165, 1.54) is 0 Å². The highest BCUT2D eigenvalue weighted by Crippen LogP contribution is 2.26. The number of anilines is 3. The van der Waals surface area contributed by atoms with Crippen molar-refractivity contribution in [3.05, 3.63) is 70.3 Å². The van der Waals surface area contributed by atoms with Gasteiger partial charge in [0.1, 0.15) is 5.75 Å². The van der Waals surface area contributed by atoms with Gasteiger partial charge in [0.05, 0.1) is 17.8 Å². The molecule has 0 atom stereocenters. The third-order valence-corrected chi connectivity index (χ3v) is 4.00. The molecular weight excluding hydrogens is 375 g/mol. The van der Waals surface area contributed by atoms with Crippen molar-refractivity contribution in [3.8, 4) is 5.75 Å². The van der Waals surface area contributed by atoms with Crippen LogP contribution in [0.25, 0.3) is 0 Å². The Morgan fingerprint density at radius 1 is 1.00 bits per heavy atom. The summed E-state index contributed by atoms with van der Waals surface area (Å²) in [4.78, 5) is 12.3. The fourth-order valence-corrected chi connectivity index (χ4v) is 2.46. The van der Waals surface area contributed by atoms with Crippen LogP contribution >= 0.6 is 23.2 Å². The molecule has 6 nitrogen and oxygen atoms in total. The summed E-state index contributed by atoms with van der Waals surface area (Å²) in [6, 6.07) is 15.4. The number of hydrogen-bond donors (Lipinski definition) is 2. The summed E-state index contributed by atoms with van der Waals surface area (Å²) in [7, 11) is 1.61. The van der Waals surface area contributed by atoms with Crippen molar-refractivity contribution < 1.29 is 9.53 Å². The second kappa shape index (κ2) is 8.03. The van der Waals surface area contributed by atoms with E-state index in [2.05, 4.69) is 20.8 Å². The average molecular weight is 389 g/mol.